The minimum absolute atomic E-state index is 0.0249. The summed E-state index contributed by atoms with van der Waals surface area (Å²) in [4.78, 5) is 37.4. The van der Waals surface area contributed by atoms with E-state index < -0.39 is 17.9 Å². The summed E-state index contributed by atoms with van der Waals surface area (Å²) in [5, 5.41) is 13.0. The van der Waals surface area contributed by atoms with Crippen LogP contribution in [0.5, 0.6) is 0 Å². The molecule has 7 nitrogen and oxygen atoms in total. The maximum absolute atomic E-state index is 12.7. The Kier molecular flexibility index (Phi) is 4.63. The van der Waals surface area contributed by atoms with Crippen LogP contribution < -0.4 is 5.32 Å². The smallest absolute Gasteiger partial charge is 0.326 e. The lowest BCUT2D eigenvalue weighted by molar-refractivity contribution is -0.139. The number of fused-ring (bicyclic) bond motifs is 2. The monoisotopic (exact) mass is 372 g/mol. The number of aliphatic carboxylic acids is 1. The number of carbonyl (C=O) groups excluding carboxylic acids is 1. The number of hydrogen-bond donors (Lipinski definition) is 2. The van der Waals surface area contributed by atoms with Crippen molar-refractivity contribution in [1.82, 2.24) is 20.3 Å². The molecule has 0 radical (unpaired) electrons. The van der Waals surface area contributed by atoms with Gasteiger partial charge in [0, 0.05) is 24.2 Å². The van der Waals surface area contributed by atoms with Crippen LogP contribution in [0, 0.1) is 0 Å². The van der Waals surface area contributed by atoms with Gasteiger partial charge in [0.25, 0.3) is 5.91 Å². The molecule has 1 atom stereocenters. The van der Waals surface area contributed by atoms with Gasteiger partial charge in [0.15, 0.2) is 0 Å². The van der Waals surface area contributed by atoms with Gasteiger partial charge < -0.3 is 10.4 Å². The van der Waals surface area contributed by atoms with E-state index in [1.807, 2.05) is 36.4 Å². The Balaban J connectivity index is 1.59. The van der Waals surface area contributed by atoms with E-state index in [0.717, 1.165) is 10.9 Å². The largest absolute Gasteiger partial charge is 0.480 e. The highest BCUT2D eigenvalue weighted by atomic mass is 16.4. The van der Waals surface area contributed by atoms with Crippen molar-refractivity contribution in [3.63, 3.8) is 0 Å². The molecule has 0 unspecified atom stereocenters. The molecular weight excluding hydrogens is 356 g/mol. The van der Waals surface area contributed by atoms with Gasteiger partial charge in [-0.3, -0.25) is 14.8 Å². The molecule has 0 bridgehead atoms. The van der Waals surface area contributed by atoms with Crippen LogP contribution in [0.4, 0.5) is 0 Å². The number of nitrogens with one attached hydrogen (secondary N) is 1. The fraction of sp³-hybridized carbons (Fsp3) is 0.0952. The minimum atomic E-state index is -1.14. The molecular formula is C21H16N4O3. The van der Waals surface area contributed by atoms with Crippen LogP contribution in [0.15, 0.2) is 67.0 Å². The molecule has 2 aromatic carbocycles. The maximum atomic E-state index is 12.7. The number of benzene rings is 2. The van der Waals surface area contributed by atoms with Gasteiger partial charge in [0.1, 0.15) is 6.04 Å². The molecule has 0 saturated heterocycles. The standard InChI is InChI=1S/C21H16N4O3/c26-20(15-7-3-5-13-6-4-10-22-19(13)15)25-18(21(27)28)11-14-12-23-16-8-1-2-9-17(16)24-14/h1-10,12,18H,11H2,(H,25,26)(H,27,28)/t18-/m0/s1. The number of aromatic nitrogens is 3. The van der Waals surface area contributed by atoms with Gasteiger partial charge in [-0.1, -0.05) is 30.3 Å². The van der Waals surface area contributed by atoms with Gasteiger partial charge in [0.2, 0.25) is 0 Å². The molecule has 2 aromatic heterocycles. The number of carbonyl (C=O) groups is 2. The second kappa shape index (κ2) is 7.40. The zero-order valence-electron chi connectivity index (χ0n) is 14.7. The van der Waals surface area contributed by atoms with Crippen molar-refractivity contribution in [3.05, 3.63) is 78.2 Å². The first kappa shape index (κ1) is 17.5. The number of carboxylic acid groups (broad SMARTS) is 1. The lowest BCUT2D eigenvalue weighted by Gasteiger charge is -2.15. The predicted octanol–water partition coefficient (Wildman–Crippen LogP) is 2.60. The maximum Gasteiger partial charge on any atom is 0.326 e. The number of rotatable bonds is 5. The molecule has 2 heterocycles. The zero-order chi connectivity index (χ0) is 19.5. The molecule has 138 valence electrons. The van der Waals surface area contributed by atoms with Crippen LogP contribution in [0.3, 0.4) is 0 Å². The van der Waals surface area contributed by atoms with Crippen LogP contribution in [0.1, 0.15) is 16.1 Å². The molecule has 0 spiro atoms. The number of pyridine rings is 1. The summed E-state index contributed by atoms with van der Waals surface area (Å²) in [7, 11) is 0. The number of para-hydroxylation sites is 3. The average molecular weight is 372 g/mol. The zero-order valence-corrected chi connectivity index (χ0v) is 14.7. The molecule has 28 heavy (non-hydrogen) atoms. The molecule has 0 aliphatic rings. The third-order valence-electron chi connectivity index (χ3n) is 4.39. The number of nitrogens with zero attached hydrogens (tertiary/aromatic N) is 3. The van der Waals surface area contributed by atoms with Crippen molar-refractivity contribution in [2.45, 2.75) is 12.5 Å². The summed E-state index contributed by atoms with van der Waals surface area (Å²) in [6.45, 7) is 0. The SMILES string of the molecule is O=C(N[C@@H](Cc1cnc2ccccc2n1)C(=O)O)c1cccc2cccnc12. The van der Waals surface area contributed by atoms with Gasteiger partial charge in [-0.15, -0.1) is 0 Å². The second-order valence-electron chi connectivity index (χ2n) is 6.30. The van der Waals surface area contributed by atoms with Gasteiger partial charge in [-0.25, -0.2) is 9.78 Å². The van der Waals surface area contributed by atoms with Crippen molar-refractivity contribution < 1.29 is 14.7 Å². The Morgan fingerprint density at radius 1 is 0.964 bits per heavy atom. The van der Waals surface area contributed by atoms with Crippen LogP contribution in [0.2, 0.25) is 0 Å². The van der Waals surface area contributed by atoms with Crippen LogP contribution in [0.25, 0.3) is 21.9 Å². The Morgan fingerprint density at radius 3 is 2.57 bits per heavy atom. The van der Waals surface area contributed by atoms with E-state index in [2.05, 4.69) is 20.3 Å². The third kappa shape index (κ3) is 3.50. The summed E-state index contributed by atoms with van der Waals surface area (Å²) in [5.41, 5.74) is 2.74. The lowest BCUT2D eigenvalue weighted by atomic mass is 10.1. The fourth-order valence-corrected chi connectivity index (χ4v) is 3.03. The van der Waals surface area contributed by atoms with E-state index in [4.69, 9.17) is 0 Å². The highest BCUT2D eigenvalue weighted by Crippen LogP contribution is 2.16. The van der Waals surface area contributed by atoms with Crippen molar-refractivity contribution in [1.29, 1.82) is 0 Å². The first-order valence-corrected chi connectivity index (χ1v) is 8.70. The van der Waals surface area contributed by atoms with E-state index in [-0.39, 0.29) is 6.42 Å². The topological polar surface area (TPSA) is 105 Å². The third-order valence-corrected chi connectivity index (χ3v) is 4.39. The van der Waals surface area contributed by atoms with Gasteiger partial charge in [-0.05, 0) is 24.3 Å². The first-order chi connectivity index (χ1) is 13.6. The number of carboxylic acids is 1. The molecule has 4 aromatic rings. The van der Waals surface area contributed by atoms with Crippen molar-refractivity contribution >= 4 is 33.8 Å². The minimum Gasteiger partial charge on any atom is -0.480 e. The molecule has 2 N–H and O–H groups in total. The number of hydrogen-bond acceptors (Lipinski definition) is 5. The second-order valence-corrected chi connectivity index (χ2v) is 6.30. The van der Waals surface area contributed by atoms with E-state index in [9.17, 15) is 14.7 Å². The Morgan fingerprint density at radius 2 is 1.75 bits per heavy atom. The highest BCUT2D eigenvalue weighted by Gasteiger charge is 2.23. The Labute approximate surface area is 160 Å². The van der Waals surface area contributed by atoms with Crippen molar-refractivity contribution in [3.8, 4) is 0 Å². The average Bonchev–Trinajstić information content (AvgIpc) is 2.72. The van der Waals surface area contributed by atoms with Crippen molar-refractivity contribution in [2.75, 3.05) is 0 Å². The Hall–Kier alpha value is -3.87. The van der Waals surface area contributed by atoms with Crippen LogP contribution in [-0.2, 0) is 11.2 Å². The van der Waals surface area contributed by atoms with Gasteiger partial charge >= 0.3 is 5.97 Å². The van der Waals surface area contributed by atoms with Crippen molar-refractivity contribution in [2.24, 2.45) is 0 Å². The molecule has 7 heteroatoms. The molecule has 0 fully saturated rings. The highest BCUT2D eigenvalue weighted by molar-refractivity contribution is 6.06. The molecule has 0 saturated carbocycles. The predicted molar refractivity (Wildman–Crippen MR) is 104 cm³/mol. The molecule has 0 aliphatic carbocycles. The molecule has 1 amide bonds. The van der Waals surface area contributed by atoms with E-state index in [0.29, 0.717) is 22.3 Å². The quantitative estimate of drug-likeness (QED) is 0.558. The van der Waals surface area contributed by atoms with Gasteiger partial charge in [0.05, 0.1) is 27.8 Å². The summed E-state index contributed by atoms with van der Waals surface area (Å²) in [6, 6.07) is 15.0. The summed E-state index contributed by atoms with van der Waals surface area (Å²) in [6.07, 6.45) is 3.15. The van der Waals surface area contributed by atoms with E-state index >= 15 is 0 Å². The van der Waals surface area contributed by atoms with Crippen LogP contribution >= 0.6 is 0 Å². The van der Waals surface area contributed by atoms with E-state index in [1.165, 1.54) is 6.20 Å². The van der Waals surface area contributed by atoms with Gasteiger partial charge in [-0.2, -0.15) is 0 Å². The Bertz CT molecular complexity index is 1190. The van der Waals surface area contributed by atoms with Crippen LogP contribution in [-0.4, -0.2) is 38.0 Å². The molecule has 4 rings (SSSR count). The van der Waals surface area contributed by atoms with E-state index in [1.54, 1.807) is 24.4 Å². The molecule has 0 aliphatic heterocycles. The number of amides is 1. The summed E-state index contributed by atoms with van der Waals surface area (Å²) < 4.78 is 0. The summed E-state index contributed by atoms with van der Waals surface area (Å²) >= 11 is 0. The summed E-state index contributed by atoms with van der Waals surface area (Å²) in [5.74, 6) is -1.64. The fourth-order valence-electron chi connectivity index (χ4n) is 3.03. The first-order valence-electron chi connectivity index (χ1n) is 8.70. The lowest BCUT2D eigenvalue weighted by Crippen LogP contribution is -2.42. The normalized spacial score (nSPS) is 12.0.